The molecule has 0 spiro atoms. The van der Waals surface area contributed by atoms with Gasteiger partial charge in [-0.15, -0.1) is 0 Å². The Morgan fingerprint density at radius 3 is 2.07 bits per heavy atom. The predicted molar refractivity (Wildman–Crippen MR) is 53.5 cm³/mol. The maximum absolute atomic E-state index is 9.10. The normalized spacial score (nSPS) is 10.0. The third-order valence-corrected chi connectivity index (χ3v) is 1.87. The summed E-state index contributed by atoms with van der Waals surface area (Å²) < 4.78 is 0. The molecule has 4 nitrogen and oxygen atoms in total. The number of rotatable bonds is 1. The third kappa shape index (κ3) is 1.64. The highest BCUT2D eigenvalue weighted by Gasteiger charge is 1.98. The van der Waals surface area contributed by atoms with E-state index in [0.717, 1.165) is 11.1 Å². The van der Waals surface area contributed by atoms with E-state index in [0.29, 0.717) is 0 Å². The summed E-state index contributed by atoms with van der Waals surface area (Å²) in [6, 6.07) is 6.83. The zero-order valence-corrected chi connectivity index (χ0v) is 7.38. The number of nitrogens with two attached hydrogens (primary N) is 1. The maximum Gasteiger partial charge on any atom is 0.219 e. The molecular formula is C10H9N3O. The van der Waals surface area contributed by atoms with Gasteiger partial charge in [0.15, 0.2) is 0 Å². The minimum atomic E-state index is 0.241. The van der Waals surface area contributed by atoms with Crippen molar-refractivity contribution in [3.05, 3.63) is 36.7 Å². The molecule has 0 saturated carbocycles. The lowest BCUT2D eigenvalue weighted by Crippen LogP contribution is -1.93. The van der Waals surface area contributed by atoms with E-state index < -0.39 is 0 Å². The predicted octanol–water partition coefficient (Wildman–Crippen LogP) is 1.43. The first-order valence-electron chi connectivity index (χ1n) is 4.12. The molecule has 0 bridgehead atoms. The summed E-state index contributed by atoms with van der Waals surface area (Å²) in [5.41, 5.74) is 7.19. The second-order valence-corrected chi connectivity index (χ2v) is 2.88. The summed E-state index contributed by atoms with van der Waals surface area (Å²) in [5.74, 6) is 0.498. The number of nitrogens with zero attached hydrogens (tertiary/aromatic N) is 2. The quantitative estimate of drug-likeness (QED) is 0.708. The highest BCUT2D eigenvalue weighted by atomic mass is 16.3. The highest BCUT2D eigenvalue weighted by molar-refractivity contribution is 5.62. The summed E-state index contributed by atoms with van der Waals surface area (Å²) in [4.78, 5) is 7.76. The van der Waals surface area contributed by atoms with Crippen molar-refractivity contribution < 1.29 is 5.11 Å². The summed E-state index contributed by atoms with van der Waals surface area (Å²) in [6.45, 7) is 0. The van der Waals surface area contributed by atoms with Crippen LogP contribution in [0.1, 0.15) is 0 Å². The minimum Gasteiger partial charge on any atom is -0.508 e. The Bertz CT molecular complexity index is 379. The number of aromatic nitrogens is 2. The zero-order valence-electron chi connectivity index (χ0n) is 7.38. The average Bonchev–Trinajstić information content (AvgIpc) is 2.21. The molecule has 0 amide bonds. The van der Waals surface area contributed by atoms with E-state index in [9.17, 15) is 0 Å². The van der Waals surface area contributed by atoms with Gasteiger partial charge in [-0.25, -0.2) is 9.97 Å². The monoisotopic (exact) mass is 187 g/mol. The largest absolute Gasteiger partial charge is 0.508 e. The lowest BCUT2D eigenvalue weighted by molar-refractivity contribution is 0.475. The summed E-state index contributed by atoms with van der Waals surface area (Å²) in [6.07, 6.45) is 3.30. The molecule has 0 unspecified atom stereocenters. The second-order valence-electron chi connectivity index (χ2n) is 2.88. The van der Waals surface area contributed by atoms with Crippen LogP contribution in [-0.4, -0.2) is 15.1 Å². The highest BCUT2D eigenvalue weighted by Crippen LogP contribution is 2.20. The van der Waals surface area contributed by atoms with Gasteiger partial charge in [-0.05, 0) is 17.7 Å². The second kappa shape index (κ2) is 3.33. The first-order chi connectivity index (χ1) is 6.75. The van der Waals surface area contributed by atoms with Crippen molar-refractivity contribution in [2.24, 2.45) is 0 Å². The van der Waals surface area contributed by atoms with E-state index in [1.807, 2.05) is 0 Å². The number of benzene rings is 1. The van der Waals surface area contributed by atoms with Gasteiger partial charge < -0.3 is 10.8 Å². The molecule has 0 aliphatic carbocycles. The van der Waals surface area contributed by atoms with Gasteiger partial charge in [-0.2, -0.15) is 0 Å². The Kier molecular flexibility index (Phi) is 2.02. The number of nitrogen functional groups attached to an aromatic ring is 1. The van der Waals surface area contributed by atoms with Crippen molar-refractivity contribution in [2.45, 2.75) is 0 Å². The van der Waals surface area contributed by atoms with Crippen LogP contribution in [0.5, 0.6) is 5.75 Å². The van der Waals surface area contributed by atoms with E-state index in [2.05, 4.69) is 9.97 Å². The number of phenols is 1. The smallest absolute Gasteiger partial charge is 0.219 e. The van der Waals surface area contributed by atoms with Gasteiger partial charge in [0.1, 0.15) is 5.75 Å². The number of anilines is 1. The molecule has 2 rings (SSSR count). The van der Waals surface area contributed by atoms with Crippen LogP contribution >= 0.6 is 0 Å². The Hall–Kier alpha value is -2.10. The molecule has 3 N–H and O–H groups in total. The molecule has 1 aromatic carbocycles. The molecule has 0 radical (unpaired) electrons. The van der Waals surface area contributed by atoms with Crippen LogP contribution in [0.3, 0.4) is 0 Å². The molecular weight excluding hydrogens is 178 g/mol. The molecule has 0 aliphatic rings. The molecule has 2 aromatic rings. The van der Waals surface area contributed by atoms with Gasteiger partial charge in [0, 0.05) is 18.0 Å². The Morgan fingerprint density at radius 2 is 1.50 bits per heavy atom. The lowest BCUT2D eigenvalue weighted by Gasteiger charge is -2.00. The summed E-state index contributed by atoms with van der Waals surface area (Å²) in [7, 11) is 0. The average molecular weight is 187 g/mol. The van der Waals surface area contributed by atoms with Gasteiger partial charge in [0.05, 0.1) is 0 Å². The fourth-order valence-corrected chi connectivity index (χ4v) is 1.14. The van der Waals surface area contributed by atoms with Crippen LogP contribution in [0.4, 0.5) is 5.95 Å². The summed E-state index contributed by atoms with van der Waals surface area (Å²) >= 11 is 0. The van der Waals surface area contributed by atoms with Crippen molar-refractivity contribution in [2.75, 3.05) is 5.73 Å². The molecule has 0 saturated heterocycles. The standard InChI is InChI=1S/C10H9N3O/c11-10-12-5-8(6-13-10)7-1-3-9(14)4-2-7/h1-6,14H,(H2,11,12,13). The van der Waals surface area contributed by atoms with Crippen molar-refractivity contribution >= 4 is 5.95 Å². The van der Waals surface area contributed by atoms with E-state index in [4.69, 9.17) is 10.8 Å². The van der Waals surface area contributed by atoms with Gasteiger partial charge >= 0.3 is 0 Å². The van der Waals surface area contributed by atoms with Crippen LogP contribution in [0.15, 0.2) is 36.7 Å². The van der Waals surface area contributed by atoms with Gasteiger partial charge in [0.2, 0.25) is 5.95 Å². The SMILES string of the molecule is Nc1ncc(-c2ccc(O)cc2)cn1. The van der Waals surface area contributed by atoms with Crippen LogP contribution < -0.4 is 5.73 Å². The van der Waals surface area contributed by atoms with Gasteiger partial charge in [-0.3, -0.25) is 0 Å². The fraction of sp³-hybridized carbons (Fsp3) is 0. The molecule has 1 aromatic heterocycles. The molecule has 0 atom stereocenters. The number of phenolic OH excluding ortho intramolecular Hbond substituents is 1. The van der Waals surface area contributed by atoms with Crippen molar-refractivity contribution in [1.82, 2.24) is 9.97 Å². The van der Waals surface area contributed by atoms with Crippen LogP contribution in [-0.2, 0) is 0 Å². The van der Waals surface area contributed by atoms with Gasteiger partial charge in [0.25, 0.3) is 0 Å². The van der Waals surface area contributed by atoms with Crippen molar-refractivity contribution in [1.29, 1.82) is 0 Å². The fourth-order valence-electron chi connectivity index (χ4n) is 1.14. The zero-order chi connectivity index (χ0) is 9.97. The molecule has 70 valence electrons. The molecule has 4 heteroatoms. The summed E-state index contributed by atoms with van der Waals surface area (Å²) in [5, 5.41) is 9.10. The Labute approximate surface area is 81.1 Å². The van der Waals surface area contributed by atoms with Crippen LogP contribution in [0.2, 0.25) is 0 Å². The van der Waals surface area contributed by atoms with Crippen LogP contribution in [0, 0.1) is 0 Å². The minimum absolute atomic E-state index is 0.241. The topological polar surface area (TPSA) is 72.0 Å². The number of hydrogen-bond acceptors (Lipinski definition) is 4. The Morgan fingerprint density at radius 1 is 0.929 bits per heavy atom. The first kappa shape index (κ1) is 8.50. The van der Waals surface area contributed by atoms with Crippen molar-refractivity contribution in [3.8, 4) is 16.9 Å². The maximum atomic E-state index is 9.10. The molecule has 14 heavy (non-hydrogen) atoms. The number of hydrogen-bond donors (Lipinski definition) is 2. The first-order valence-corrected chi connectivity index (χ1v) is 4.12. The van der Waals surface area contributed by atoms with Gasteiger partial charge in [-0.1, -0.05) is 12.1 Å². The van der Waals surface area contributed by atoms with E-state index in [1.165, 1.54) is 0 Å². The van der Waals surface area contributed by atoms with Crippen LogP contribution in [0.25, 0.3) is 11.1 Å². The molecule has 0 fully saturated rings. The van der Waals surface area contributed by atoms with E-state index >= 15 is 0 Å². The number of aromatic hydroxyl groups is 1. The lowest BCUT2D eigenvalue weighted by atomic mass is 10.1. The third-order valence-electron chi connectivity index (χ3n) is 1.87. The Balaban J connectivity index is 2.40. The molecule has 0 aliphatic heterocycles. The van der Waals surface area contributed by atoms with E-state index in [-0.39, 0.29) is 11.7 Å². The molecule has 1 heterocycles. The van der Waals surface area contributed by atoms with Crippen molar-refractivity contribution in [3.63, 3.8) is 0 Å². The van der Waals surface area contributed by atoms with E-state index in [1.54, 1.807) is 36.7 Å².